The fraction of sp³-hybridized carbons (Fsp3) is 0.636. The molecule has 0 saturated carbocycles. The molecule has 0 radical (unpaired) electrons. The lowest BCUT2D eigenvalue weighted by atomic mass is 10.0. The first kappa shape index (κ1) is 24.6. The number of hydrogen-bond acceptors (Lipinski definition) is 3. The molecule has 0 aromatic rings. The lowest BCUT2D eigenvalue weighted by Crippen LogP contribution is -2.44. The highest BCUT2D eigenvalue weighted by molar-refractivity contribution is 6.74. The Labute approximate surface area is 162 Å². The van der Waals surface area contributed by atoms with Crippen molar-refractivity contribution in [2.45, 2.75) is 85.5 Å². The average molecular weight is 379 g/mol. The molecule has 0 aliphatic heterocycles. The number of carbonyl (C=O) groups excluding carboxylic acids is 1. The van der Waals surface area contributed by atoms with Crippen LogP contribution in [0.1, 0.15) is 61.3 Å². The maximum atomic E-state index is 11.6. The number of rotatable bonds is 9. The molecule has 0 saturated heterocycles. The van der Waals surface area contributed by atoms with E-state index in [4.69, 9.17) is 9.16 Å². The zero-order valence-corrected chi connectivity index (χ0v) is 19.3. The molecule has 0 aliphatic rings. The summed E-state index contributed by atoms with van der Waals surface area (Å²) >= 11 is 0. The lowest BCUT2D eigenvalue weighted by Gasteiger charge is -2.39. The number of ether oxygens (including phenoxy) is 1. The summed E-state index contributed by atoms with van der Waals surface area (Å²) in [5.74, 6) is -0.263. The molecule has 0 spiro atoms. The SMILES string of the molecule is C=C=C(C)[C@@H](CC/C(C)=C/C=C(\C)C(=O)OCC)O[Si](C)(C)C(C)(C)C. The molecule has 0 rings (SSSR count). The Morgan fingerprint density at radius 3 is 2.23 bits per heavy atom. The standard InChI is InChI=1S/C22H38O3Si/c1-11-18(4)20(25-26(9,10)22(6,7)8)16-14-17(3)13-15-19(5)21(23)24-12-2/h13,15,20H,1,12,14,16H2,2-10H3/b17-13+,19-15+/t20-/m1/s1. The molecule has 0 unspecified atom stereocenters. The van der Waals surface area contributed by atoms with Crippen molar-refractivity contribution >= 4 is 14.3 Å². The minimum Gasteiger partial charge on any atom is -0.463 e. The summed E-state index contributed by atoms with van der Waals surface area (Å²) in [5, 5.41) is 0.164. The summed E-state index contributed by atoms with van der Waals surface area (Å²) in [5.41, 5.74) is 5.89. The summed E-state index contributed by atoms with van der Waals surface area (Å²) in [6.07, 6.45) is 5.63. The number of carbonyl (C=O) groups is 1. The van der Waals surface area contributed by atoms with Crippen LogP contribution >= 0.6 is 0 Å². The first-order valence-electron chi connectivity index (χ1n) is 9.41. The van der Waals surface area contributed by atoms with Crippen LogP contribution in [0.25, 0.3) is 0 Å². The third kappa shape index (κ3) is 8.35. The van der Waals surface area contributed by atoms with E-state index in [1.165, 1.54) is 5.57 Å². The van der Waals surface area contributed by atoms with Gasteiger partial charge in [0.25, 0.3) is 0 Å². The van der Waals surface area contributed by atoms with Crippen molar-refractivity contribution in [2.75, 3.05) is 6.61 Å². The molecule has 0 amide bonds. The fourth-order valence-corrected chi connectivity index (χ4v) is 3.39. The van der Waals surface area contributed by atoms with Crippen molar-refractivity contribution in [3.63, 3.8) is 0 Å². The van der Waals surface area contributed by atoms with Crippen LogP contribution in [-0.2, 0) is 14.0 Å². The molecule has 0 bridgehead atoms. The summed E-state index contributed by atoms with van der Waals surface area (Å²) in [6, 6.07) is 0. The summed E-state index contributed by atoms with van der Waals surface area (Å²) in [6.45, 7) is 23.2. The monoisotopic (exact) mass is 378 g/mol. The van der Waals surface area contributed by atoms with E-state index in [2.05, 4.69) is 53.1 Å². The molecule has 0 aromatic carbocycles. The predicted molar refractivity (Wildman–Crippen MR) is 114 cm³/mol. The fourth-order valence-electron chi connectivity index (χ4n) is 2.03. The van der Waals surface area contributed by atoms with Crippen LogP contribution in [-0.4, -0.2) is 27.0 Å². The quantitative estimate of drug-likeness (QED) is 0.154. The molecule has 4 heteroatoms. The van der Waals surface area contributed by atoms with Crippen LogP contribution in [0.5, 0.6) is 0 Å². The number of allylic oxidation sites excluding steroid dienone is 3. The highest BCUT2D eigenvalue weighted by atomic mass is 28.4. The lowest BCUT2D eigenvalue weighted by molar-refractivity contribution is -0.138. The van der Waals surface area contributed by atoms with E-state index in [0.29, 0.717) is 12.2 Å². The van der Waals surface area contributed by atoms with Crippen LogP contribution in [0.15, 0.2) is 41.2 Å². The molecule has 3 nitrogen and oxygen atoms in total. The van der Waals surface area contributed by atoms with E-state index in [-0.39, 0.29) is 17.1 Å². The second-order valence-corrected chi connectivity index (χ2v) is 13.1. The molecule has 0 aromatic heterocycles. The Kier molecular flexibility index (Phi) is 10.2. The Bertz CT molecular complexity index is 585. The van der Waals surface area contributed by atoms with E-state index >= 15 is 0 Å². The van der Waals surface area contributed by atoms with E-state index in [1.807, 2.05) is 26.0 Å². The van der Waals surface area contributed by atoms with Gasteiger partial charge in [-0.05, 0) is 64.2 Å². The first-order chi connectivity index (χ1) is 11.9. The second kappa shape index (κ2) is 10.7. The topological polar surface area (TPSA) is 35.5 Å². The Morgan fingerprint density at radius 2 is 1.77 bits per heavy atom. The van der Waals surface area contributed by atoms with Crippen molar-refractivity contribution in [3.8, 4) is 0 Å². The van der Waals surface area contributed by atoms with Crippen molar-refractivity contribution < 1.29 is 14.0 Å². The van der Waals surface area contributed by atoms with E-state index in [1.54, 1.807) is 6.92 Å². The van der Waals surface area contributed by atoms with Gasteiger partial charge in [-0.2, -0.15) is 0 Å². The third-order valence-corrected chi connectivity index (χ3v) is 9.51. The van der Waals surface area contributed by atoms with Crippen molar-refractivity contribution in [1.82, 2.24) is 0 Å². The second-order valence-electron chi connectivity index (χ2n) is 8.35. The number of esters is 1. The molecule has 0 fully saturated rings. The molecular formula is C22H38O3Si. The first-order valence-corrected chi connectivity index (χ1v) is 12.3. The summed E-state index contributed by atoms with van der Waals surface area (Å²) < 4.78 is 11.6. The van der Waals surface area contributed by atoms with Gasteiger partial charge < -0.3 is 9.16 Å². The number of hydrogen-bond donors (Lipinski definition) is 0. The maximum absolute atomic E-state index is 11.6. The van der Waals surface area contributed by atoms with Gasteiger partial charge in [-0.15, -0.1) is 5.73 Å². The van der Waals surface area contributed by atoms with E-state index < -0.39 is 8.32 Å². The van der Waals surface area contributed by atoms with Crippen molar-refractivity contribution in [1.29, 1.82) is 0 Å². The van der Waals surface area contributed by atoms with Gasteiger partial charge in [0.15, 0.2) is 8.32 Å². The maximum Gasteiger partial charge on any atom is 0.333 e. The van der Waals surface area contributed by atoms with Crippen LogP contribution in [0.4, 0.5) is 0 Å². The molecule has 148 valence electrons. The minimum absolute atomic E-state index is 0.0341. The molecule has 0 heterocycles. The highest BCUT2D eigenvalue weighted by Gasteiger charge is 2.39. The van der Waals surface area contributed by atoms with E-state index in [0.717, 1.165) is 18.4 Å². The Hall–Kier alpha value is -1.35. The average Bonchev–Trinajstić information content (AvgIpc) is 2.54. The smallest absolute Gasteiger partial charge is 0.333 e. The van der Waals surface area contributed by atoms with Gasteiger partial charge in [-0.1, -0.05) is 45.1 Å². The zero-order valence-electron chi connectivity index (χ0n) is 18.3. The van der Waals surface area contributed by atoms with Gasteiger partial charge in [-0.25, -0.2) is 4.79 Å². The predicted octanol–water partition coefficient (Wildman–Crippen LogP) is 6.34. The molecule has 0 N–H and O–H groups in total. The van der Waals surface area contributed by atoms with Crippen LogP contribution in [0.3, 0.4) is 0 Å². The summed E-state index contributed by atoms with van der Waals surface area (Å²) in [4.78, 5) is 11.6. The minimum atomic E-state index is -1.86. The normalized spacial score (nSPS) is 14.7. The molecule has 1 atom stereocenters. The van der Waals surface area contributed by atoms with Crippen molar-refractivity contribution in [2.24, 2.45) is 0 Å². The van der Waals surface area contributed by atoms with Crippen molar-refractivity contribution in [3.05, 3.63) is 41.2 Å². The molecule has 26 heavy (non-hydrogen) atoms. The molecular weight excluding hydrogens is 340 g/mol. The van der Waals surface area contributed by atoms with E-state index in [9.17, 15) is 4.79 Å². The van der Waals surface area contributed by atoms with Gasteiger partial charge >= 0.3 is 5.97 Å². The van der Waals surface area contributed by atoms with Crippen LogP contribution in [0, 0.1) is 0 Å². The Balaban J connectivity index is 5.07. The van der Waals surface area contributed by atoms with Crippen LogP contribution in [0.2, 0.25) is 18.1 Å². The van der Waals surface area contributed by atoms with Crippen LogP contribution < -0.4 is 0 Å². The largest absolute Gasteiger partial charge is 0.463 e. The highest BCUT2D eigenvalue weighted by Crippen LogP contribution is 2.38. The third-order valence-electron chi connectivity index (χ3n) is 5.02. The summed E-state index contributed by atoms with van der Waals surface area (Å²) in [7, 11) is -1.86. The Morgan fingerprint density at radius 1 is 1.19 bits per heavy atom. The van der Waals surface area contributed by atoms with Gasteiger partial charge in [0.1, 0.15) is 0 Å². The van der Waals surface area contributed by atoms with Gasteiger partial charge in [0.05, 0.1) is 12.7 Å². The van der Waals surface area contributed by atoms with Gasteiger partial charge in [-0.3, -0.25) is 0 Å². The van der Waals surface area contributed by atoms with Gasteiger partial charge in [0.2, 0.25) is 0 Å². The molecule has 0 aliphatic carbocycles. The zero-order chi connectivity index (χ0) is 20.5. The van der Waals surface area contributed by atoms with Gasteiger partial charge in [0, 0.05) is 5.57 Å².